The molecule has 0 aliphatic carbocycles. The SMILES string of the molecule is CNCc1ccc(-c2cc(F)c(F)cc2F)cc1. The molecule has 0 radical (unpaired) electrons. The van der Waals surface area contributed by atoms with Crippen molar-refractivity contribution in [1.29, 1.82) is 0 Å². The van der Waals surface area contributed by atoms with Gasteiger partial charge in [-0.15, -0.1) is 0 Å². The van der Waals surface area contributed by atoms with Gasteiger partial charge in [0.05, 0.1) is 0 Å². The van der Waals surface area contributed by atoms with E-state index in [2.05, 4.69) is 5.32 Å². The van der Waals surface area contributed by atoms with Crippen molar-refractivity contribution in [3.63, 3.8) is 0 Å². The van der Waals surface area contributed by atoms with Gasteiger partial charge in [0.1, 0.15) is 5.82 Å². The van der Waals surface area contributed by atoms with Crippen molar-refractivity contribution in [3.8, 4) is 11.1 Å². The van der Waals surface area contributed by atoms with Crippen LogP contribution in [0.15, 0.2) is 36.4 Å². The number of rotatable bonds is 3. The molecule has 0 amide bonds. The third kappa shape index (κ3) is 2.54. The lowest BCUT2D eigenvalue weighted by molar-refractivity contribution is 0.496. The Morgan fingerprint density at radius 2 is 1.50 bits per heavy atom. The first-order chi connectivity index (χ1) is 8.61. The predicted octanol–water partition coefficient (Wildman–Crippen LogP) is 3.49. The molecule has 0 aliphatic heterocycles. The summed E-state index contributed by atoms with van der Waals surface area (Å²) in [4.78, 5) is 0. The summed E-state index contributed by atoms with van der Waals surface area (Å²) in [5.41, 5.74) is 1.61. The fourth-order valence-corrected chi connectivity index (χ4v) is 1.75. The second-order valence-corrected chi connectivity index (χ2v) is 3.97. The summed E-state index contributed by atoms with van der Waals surface area (Å²) in [6.45, 7) is 0.695. The van der Waals surface area contributed by atoms with Crippen molar-refractivity contribution in [2.75, 3.05) is 7.05 Å². The Morgan fingerprint density at radius 1 is 0.889 bits per heavy atom. The van der Waals surface area contributed by atoms with Crippen LogP contribution in [0, 0.1) is 17.5 Å². The van der Waals surface area contributed by atoms with Crippen molar-refractivity contribution in [3.05, 3.63) is 59.4 Å². The lowest BCUT2D eigenvalue weighted by Gasteiger charge is -2.06. The molecule has 0 saturated heterocycles. The molecule has 2 rings (SSSR count). The fourth-order valence-electron chi connectivity index (χ4n) is 1.75. The maximum atomic E-state index is 13.5. The molecule has 0 spiro atoms. The highest BCUT2D eigenvalue weighted by molar-refractivity contribution is 5.64. The zero-order valence-electron chi connectivity index (χ0n) is 9.81. The van der Waals surface area contributed by atoms with Gasteiger partial charge in [-0.3, -0.25) is 0 Å². The van der Waals surface area contributed by atoms with E-state index in [1.807, 2.05) is 19.2 Å². The van der Waals surface area contributed by atoms with Crippen LogP contribution >= 0.6 is 0 Å². The van der Waals surface area contributed by atoms with E-state index >= 15 is 0 Å². The third-order valence-electron chi connectivity index (χ3n) is 2.66. The van der Waals surface area contributed by atoms with Crippen LogP contribution in [0.4, 0.5) is 13.2 Å². The first-order valence-corrected chi connectivity index (χ1v) is 5.50. The predicted molar refractivity (Wildman–Crippen MR) is 64.5 cm³/mol. The van der Waals surface area contributed by atoms with Crippen LogP contribution in [0.5, 0.6) is 0 Å². The molecule has 2 aromatic rings. The zero-order chi connectivity index (χ0) is 13.1. The number of hydrogen-bond acceptors (Lipinski definition) is 1. The van der Waals surface area contributed by atoms with E-state index in [-0.39, 0.29) is 5.56 Å². The van der Waals surface area contributed by atoms with Crippen LogP contribution in [0.25, 0.3) is 11.1 Å². The van der Waals surface area contributed by atoms with E-state index in [0.717, 1.165) is 11.6 Å². The first kappa shape index (κ1) is 12.6. The molecule has 0 saturated carbocycles. The van der Waals surface area contributed by atoms with Gasteiger partial charge in [0.2, 0.25) is 0 Å². The lowest BCUT2D eigenvalue weighted by atomic mass is 10.0. The smallest absolute Gasteiger partial charge is 0.161 e. The molecule has 1 nitrogen and oxygen atoms in total. The van der Waals surface area contributed by atoms with Gasteiger partial charge in [0, 0.05) is 18.2 Å². The average molecular weight is 251 g/mol. The van der Waals surface area contributed by atoms with E-state index in [9.17, 15) is 13.2 Å². The topological polar surface area (TPSA) is 12.0 Å². The summed E-state index contributed by atoms with van der Waals surface area (Å²) in [6, 6.07) is 8.42. The number of halogens is 3. The second-order valence-electron chi connectivity index (χ2n) is 3.97. The van der Waals surface area contributed by atoms with Crippen LogP contribution in [-0.2, 0) is 6.54 Å². The summed E-state index contributed by atoms with van der Waals surface area (Å²) < 4.78 is 39.5. The van der Waals surface area contributed by atoms with Gasteiger partial charge < -0.3 is 5.32 Å². The van der Waals surface area contributed by atoms with Gasteiger partial charge in [-0.05, 0) is 24.2 Å². The van der Waals surface area contributed by atoms with Crippen molar-refractivity contribution >= 4 is 0 Å². The molecule has 1 N–H and O–H groups in total. The molecule has 4 heteroatoms. The van der Waals surface area contributed by atoms with Crippen LogP contribution in [0.1, 0.15) is 5.56 Å². The maximum Gasteiger partial charge on any atom is 0.161 e. The van der Waals surface area contributed by atoms with E-state index in [4.69, 9.17) is 0 Å². The van der Waals surface area contributed by atoms with Crippen LogP contribution in [0.3, 0.4) is 0 Å². The molecule has 0 aliphatic rings. The molecule has 0 unspecified atom stereocenters. The molecule has 18 heavy (non-hydrogen) atoms. The summed E-state index contributed by atoms with van der Waals surface area (Å²) in [5, 5.41) is 2.99. The van der Waals surface area contributed by atoms with E-state index < -0.39 is 17.5 Å². The number of hydrogen-bond donors (Lipinski definition) is 1. The molecule has 94 valence electrons. The minimum absolute atomic E-state index is 0.0601. The van der Waals surface area contributed by atoms with Crippen molar-refractivity contribution < 1.29 is 13.2 Å². The van der Waals surface area contributed by atoms with Gasteiger partial charge in [-0.1, -0.05) is 24.3 Å². The molecule has 0 bridgehead atoms. The summed E-state index contributed by atoms with van der Waals surface area (Å²) in [7, 11) is 1.82. The molecule has 0 heterocycles. The molecule has 0 fully saturated rings. The van der Waals surface area contributed by atoms with Crippen LogP contribution in [0.2, 0.25) is 0 Å². The normalized spacial score (nSPS) is 10.7. The molecule has 0 atom stereocenters. The van der Waals surface area contributed by atoms with E-state index in [1.54, 1.807) is 12.1 Å². The monoisotopic (exact) mass is 251 g/mol. The molecule has 0 aromatic heterocycles. The van der Waals surface area contributed by atoms with Gasteiger partial charge in [-0.2, -0.15) is 0 Å². The van der Waals surface area contributed by atoms with Gasteiger partial charge in [-0.25, -0.2) is 13.2 Å². The van der Waals surface area contributed by atoms with Crippen molar-refractivity contribution in [2.24, 2.45) is 0 Å². The summed E-state index contributed by atoms with van der Waals surface area (Å²) in [6.07, 6.45) is 0. The largest absolute Gasteiger partial charge is 0.316 e. The maximum absolute atomic E-state index is 13.5. The minimum Gasteiger partial charge on any atom is -0.316 e. The summed E-state index contributed by atoms with van der Waals surface area (Å²) >= 11 is 0. The number of benzene rings is 2. The first-order valence-electron chi connectivity index (χ1n) is 5.50. The highest BCUT2D eigenvalue weighted by Crippen LogP contribution is 2.25. The van der Waals surface area contributed by atoms with Crippen molar-refractivity contribution in [2.45, 2.75) is 6.54 Å². The van der Waals surface area contributed by atoms with E-state index in [1.165, 1.54) is 0 Å². The lowest BCUT2D eigenvalue weighted by Crippen LogP contribution is -2.04. The fraction of sp³-hybridized carbons (Fsp3) is 0.143. The van der Waals surface area contributed by atoms with Gasteiger partial charge >= 0.3 is 0 Å². The summed E-state index contributed by atoms with van der Waals surface area (Å²) in [5.74, 6) is -3.00. The van der Waals surface area contributed by atoms with Crippen LogP contribution < -0.4 is 5.32 Å². The Hall–Kier alpha value is -1.81. The zero-order valence-corrected chi connectivity index (χ0v) is 9.81. The van der Waals surface area contributed by atoms with Gasteiger partial charge in [0.15, 0.2) is 11.6 Å². The Kier molecular flexibility index (Phi) is 3.67. The van der Waals surface area contributed by atoms with Crippen molar-refractivity contribution in [1.82, 2.24) is 5.32 Å². The molecule has 2 aromatic carbocycles. The second kappa shape index (κ2) is 5.23. The minimum atomic E-state index is -1.18. The highest BCUT2D eigenvalue weighted by atomic mass is 19.2. The highest BCUT2D eigenvalue weighted by Gasteiger charge is 2.11. The standard InChI is InChI=1S/C14H12F3N/c1-18-8-9-2-4-10(5-3-9)11-6-13(16)14(17)7-12(11)15/h2-7,18H,8H2,1H3. The average Bonchev–Trinajstić information content (AvgIpc) is 2.35. The quantitative estimate of drug-likeness (QED) is 0.823. The van der Waals surface area contributed by atoms with E-state index in [0.29, 0.717) is 18.2 Å². The Morgan fingerprint density at radius 3 is 2.11 bits per heavy atom. The Balaban J connectivity index is 2.39. The molecular formula is C14H12F3N. The Bertz CT molecular complexity index is 550. The number of nitrogens with one attached hydrogen (secondary N) is 1. The van der Waals surface area contributed by atoms with Crippen LogP contribution in [-0.4, -0.2) is 7.05 Å². The third-order valence-corrected chi connectivity index (χ3v) is 2.66. The Labute approximate surface area is 103 Å². The van der Waals surface area contributed by atoms with Gasteiger partial charge in [0.25, 0.3) is 0 Å². The molecular weight excluding hydrogens is 239 g/mol.